The topological polar surface area (TPSA) is 95.5 Å². The summed E-state index contributed by atoms with van der Waals surface area (Å²) in [5.74, 6) is -1.15. The van der Waals surface area contributed by atoms with E-state index >= 15 is 0 Å². The Hall–Kier alpha value is -1.12. The Morgan fingerprint density at radius 1 is 1.39 bits per heavy atom. The number of carboxylic acid groups (broad SMARTS) is 1. The Balaban J connectivity index is 3.05. The molecule has 1 aromatic heterocycles. The van der Waals surface area contributed by atoms with Crippen molar-refractivity contribution in [1.29, 1.82) is 0 Å². The summed E-state index contributed by atoms with van der Waals surface area (Å²) in [7, 11) is -3.80. The molecule has 0 radical (unpaired) electrons. The molecule has 0 spiro atoms. The number of carboxylic acids is 1. The van der Waals surface area contributed by atoms with Gasteiger partial charge in [-0.3, -0.25) is 4.72 Å². The van der Waals surface area contributed by atoms with Gasteiger partial charge in [-0.2, -0.15) is 13.1 Å². The highest BCUT2D eigenvalue weighted by atomic mass is 32.2. The molecule has 0 aromatic carbocycles. The first-order chi connectivity index (χ1) is 8.02. The zero-order valence-corrected chi connectivity index (χ0v) is 12.2. The summed E-state index contributed by atoms with van der Waals surface area (Å²) in [5, 5.41) is 10.6. The van der Waals surface area contributed by atoms with Gasteiger partial charge in [-0.1, -0.05) is 0 Å². The van der Waals surface area contributed by atoms with Crippen molar-refractivity contribution >= 4 is 33.2 Å². The fourth-order valence-electron chi connectivity index (χ4n) is 1.29. The zero-order valence-electron chi connectivity index (χ0n) is 10.6. The van der Waals surface area contributed by atoms with Crippen LogP contribution in [-0.4, -0.2) is 25.0 Å². The smallest absolute Gasteiger partial charge is 0.348 e. The zero-order chi connectivity index (χ0) is 14.1. The molecule has 0 fully saturated rings. The van der Waals surface area contributed by atoms with Gasteiger partial charge in [0.15, 0.2) is 0 Å². The summed E-state index contributed by atoms with van der Waals surface area (Å²) < 4.78 is 28.3. The molecular formula is C10H16N2O4S2. The van der Waals surface area contributed by atoms with Gasteiger partial charge in [0.1, 0.15) is 4.88 Å². The molecule has 0 amide bonds. The number of carbonyl (C=O) groups is 1. The maximum atomic E-state index is 11.8. The summed E-state index contributed by atoms with van der Waals surface area (Å²) >= 11 is 0.989. The number of nitrogens with one attached hydrogen (secondary N) is 2. The van der Waals surface area contributed by atoms with Crippen molar-refractivity contribution in [3.05, 3.63) is 15.8 Å². The molecule has 1 heterocycles. The molecule has 0 unspecified atom stereocenters. The molecule has 1 aromatic rings. The monoisotopic (exact) mass is 292 g/mol. The standard InChI is InChI=1S/C10H16N2O4S2/c1-6-5-17-8(9(13)14)7(6)11-18(15,16)12-10(2,3)4/h5,11-12H,1-4H3,(H,13,14). The SMILES string of the molecule is Cc1csc(C(=O)O)c1NS(=O)(=O)NC(C)(C)C. The van der Waals surface area contributed by atoms with E-state index in [0.717, 1.165) is 11.3 Å². The van der Waals surface area contributed by atoms with E-state index in [1.54, 1.807) is 33.1 Å². The van der Waals surface area contributed by atoms with Crippen LogP contribution >= 0.6 is 11.3 Å². The second kappa shape index (κ2) is 4.87. The number of thiophene rings is 1. The number of aromatic carboxylic acids is 1. The van der Waals surface area contributed by atoms with Crippen molar-refractivity contribution in [2.45, 2.75) is 33.2 Å². The van der Waals surface area contributed by atoms with Crippen molar-refractivity contribution in [1.82, 2.24) is 4.72 Å². The average Bonchev–Trinajstić information content (AvgIpc) is 2.42. The Kier molecular flexibility index (Phi) is 4.04. The van der Waals surface area contributed by atoms with Crippen LogP contribution in [0.15, 0.2) is 5.38 Å². The maximum absolute atomic E-state index is 11.8. The van der Waals surface area contributed by atoms with Gasteiger partial charge in [0.2, 0.25) is 0 Å². The molecule has 0 aliphatic carbocycles. The third-order valence-electron chi connectivity index (χ3n) is 1.85. The largest absolute Gasteiger partial charge is 0.477 e. The fraction of sp³-hybridized carbons (Fsp3) is 0.500. The van der Waals surface area contributed by atoms with E-state index in [1.165, 1.54) is 0 Å². The molecule has 18 heavy (non-hydrogen) atoms. The van der Waals surface area contributed by atoms with Gasteiger partial charge in [0.05, 0.1) is 5.69 Å². The molecule has 0 saturated carbocycles. The van der Waals surface area contributed by atoms with Crippen LogP contribution in [0.2, 0.25) is 0 Å². The fourth-order valence-corrected chi connectivity index (χ4v) is 3.59. The first-order valence-corrected chi connectivity index (χ1v) is 7.51. The molecule has 0 aliphatic rings. The Morgan fingerprint density at radius 2 is 1.94 bits per heavy atom. The van der Waals surface area contributed by atoms with Crippen LogP contribution in [0.25, 0.3) is 0 Å². The van der Waals surface area contributed by atoms with Crippen LogP contribution in [-0.2, 0) is 10.2 Å². The molecule has 0 bridgehead atoms. The van der Waals surface area contributed by atoms with Gasteiger partial charge in [-0.15, -0.1) is 11.3 Å². The van der Waals surface area contributed by atoms with Crippen LogP contribution in [0, 0.1) is 6.92 Å². The molecule has 6 nitrogen and oxygen atoms in total. The van der Waals surface area contributed by atoms with Crippen molar-refractivity contribution in [2.24, 2.45) is 0 Å². The summed E-state index contributed by atoms with van der Waals surface area (Å²) in [6.07, 6.45) is 0. The van der Waals surface area contributed by atoms with Crippen LogP contribution in [0.1, 0.15) is 36.0 Å². The number of aryl methyl sites for hydroxylation is 1. The number of hydrogen-bond donors (Lipinski definition) is 3. The van der Waals surface area contributed by atoms with Crippen molar-refractivity contribution in [2.75, 3.05) is 4.72 Å². The number of rotatable bonds is 4. The van der Waals surface area contributed by atoms with Gasteiger partial charge in [0, 0.05) is 5.54 Å². The lowest BCUT2D eigenvalue weighted by Crippen LogP contribution is -2.43. The Bertz CT molecular complexity index is 555. The molecule has 1 rings (SSSR count). The molecular weight excluding hydrogens is 276 g/mol. The second-order valence-electron chi connectivity index (χ2n) is 4.89. The first-order valence-electron chi connectivity index (χ1n) is 5.15. The molecule has 0 aliphatic heterocycles. The van der Waals surface area contributed by atoms with Gasteiger partial charge < -0.3 is 5.11 Å². The number of anilines is 1. The maximum Gasteiger partial charge on any atom is 0.348 e. The van der Waals surface area contributed by atoms with E-state index < -0.39 is 21.7 Å². The van der Waals surface area contributed by atoms with Gasteiger partial charge in [-0.25, -0.2) is 4.79 Å². The molecule has 3 N–H and O–H groups in total. The first kappa shape index (κ1) is 14.9. The Labute approximate surface area is 110 Å². The van der Waals surface area contributed by atoms with Crippen LogP contribution in [0.5, 0.6) is 0 Å². The van der Waals surface area contributed by atoms with Crippen LogP contribution in [0.4, 0.5) is 5.69 Å². The van der Waals surface area contributed by atoms with Crippen molar-refractivity contribution in [3.8, 4) is 0 Å². The predicted octanol–water partition coefficient (Wildman–Crippen LogP) is 1.80. The van der Waals surface area contributed by atoms with E-state index in [0.29, 0.717) is 5.56 Å². The van der Waals surface area contributed by atoms with Crippen LogP contribution in [0.3, 0.4) is 0 Å². The molecule has 0 atom stereocenters. The molecule has 8 heteroatoms. The highest BCUT2D eigenvalue weighted by molar-refractivity contribution is 7.90. The lowest BCUT2D eigenvalue weighted by atomic mass is 10.1. The predicted molar refractivity (Wildman–Crippen MR) is 71.4 cm³/mol. The van der Waals surface area contributed by atoms with E-state index in [-0.39, 0.29) is 10.6 Å². The van der Waals surface area contributed by atoms with Gasteiger partial charge in [-0.05, 0) is 38.6 Å². The van der Waals surface area contributed by atoms with Gasteiger partial charge >= 0.3 is 5.97 Å². The minimum Gasteiger partial charge on any atom is -0.477 e. The molecule has 102 valence electrons. The lowest BCUT2D eigenvalue weighted by Gasteiger charge is -2.21. The van der Waals surface area contributed by atoms with Crippen molar-refractivity contribution < 1.29 is 18.3 Å². The average molecular weight is 292 g/mol. The third kappa shape index (κ3) is 3.97. The Morgan fingerprint density at radius 3 is 2.39 bits per heavy atom. The highest BCUT2D eigenvalue weighted by Gasteiger charge is 2.23. The normalized spacial score (nSPS) is 12.4. The van der Waals surface area contributed by atoms with E-state index in [1.807, 2.05) is 0 Å². The summed E-state index contributed by atoms with van der Waals surface area (Å²) in [6.45, 7) is 6.75. The second-order valence-corrected chi connectivity index (χ2v) is 7.18. The van der Waals surface area contributed by atoms with E-state index in [9.17, 15) is 13.2 Å². The van der Waals surface area contributed by atoms with E-state index in [4.69, 9.17) is 5.11 Å². The molecule has 0 saturated heterocycles. The lowest BCUT2D eigenvalue weighted by molar-refractivity contribution is 0.0703. The minimum atomic E-state index is -3.80. The third-order valence-corrected chi connectivity index (χ3v) is 4.29. The summed E-state index contributed by atoms with van der Waals surface area (Å²) in [6, 6.07) is 0. The minimum absolute atomic E-state index is 0.0215. The van der Waals surface area contributed by atoms with Crippen LogP contribution < -0.4 is 9.44 Å². The van der Waals surface area contributed by atoms with Crippen molar-refractivity contribution in [3.63, 3.8) is 0 Å². The summed E-state index contributed by atoms with van der Waals surface area (Å²) in [5.41, 5.74) is 0.0556. The number of hydrogen-bond acceptors (Lipinski definition) is 4. The quantitative estimate of drug-likeness (QED) is 0.788. The highest BCUT2D eigenvalue weighted by Crippen LogP contribution is 2.28. The van der Waals surface area contributed by atoms with E-state index in [2.05, 4.69) is 9.44 Å². The summed E-state index contributed by atoms with van der Waals surface area (Å²) in [4.78, 5) is 10.9. The van der Waals surface area contributed by atoms with Gasteiger partial charge in [0.25, 0.3) is 10.2 Å².